The molecule has 0 aliphatic heterocycles. The summed E-state index contributed by atoms with van der Waals surface area (Å²) >= 11 is 3.86. The summed E-state index contributed by atoms with van der Waals surface area (Å²) in [5, 5.41) is 2.90. The average Bonchev–Trinajstić information content (AvgIpc) is 3.59. The van der Waals surface area contributed by atoms with Gasteiger partial charge in [0.1, 0.15) is 0 Å². The molecule has 2 aromatic heterocycles. The first-order valence-electron chi connectivity index (χ1n) is 11.7. The molecule has 0 unspecified atom stereocenters. The zero-order valence-corrected chi connectivity index (χ0v) is 20.5. The van der Waals surface area contributed by atoms with E-state index in [-0.39, 0.29) is 0 Å². The van der Waals surface area contributed by atoms with Gasteiger partial charge in [-0.1, -0.05) is 83.9 Å². The lowest BCUT2D eigenvalue weighted by molar-refractivity contribution is 1.48. The van der Waals surface area contributed by atoms with E-state index in [2.05, 4.69) is 98.8 Å². The largest absolute Gasteiger partial charge is 0.135 e. The van der Waals surface area contributed by atoms with Crippen LogP contribution < -0.4 is 0 Å². The molecule has 6 aromatic rings. The number of aryl methyl sites for hydroxylation is 2. The van der Waals surface area contributed by atoms with E-state index < -0.39 is 0 Å². The summed E-state index contributed by atoms with van der Waals surface area (Å²) in [6.45, 7) is 4.29. The first-order valence-corrected chi connectivity index (χ1v) is 13.3. The van der Waals surface area contributed by atoms with Crippen LogP contribution >= 0.6 is 22.7 Å². The Morgan fingerprint density at radius 3 is 1.21 bits per heavy atom. The van der Waals surface area contributed by atoms with Crippen LogP contribution in [-0.2, 0) is 0 Å². The fourth-order valence-electron chi connectivity index (χ4n) is 5.63. The minimum absolute atomic E-state index is 1.31. The second-order valence-electron chi connectivity index (χ2n) is 9.51. The minimum atomic E-state index is 1.31. The fourth-order valence-corrected chi connectivity index (χ4v) is 8.04. The van der Waals surface area contributed by atoms with Crippen molar-refractivity contribution in [2.75, 3.05) is 0 Å². The van der Waals surface area contributed by atoms with Crippen molar-refractivity contribution in [2.24, 2.45) is 0 Å². The molecule has 4 aromatic carbocycles. The molecule has 2 heterocycles. The number of fused-ring (bicyclic) bond motifs is 6. The van der Waals surface area contributed by atoms with Crippen molar-refractivity contribution in [3.05, 3.63) is 96.1 Å². The summed E-state index contributed by atoms with van der Waals surface area (Å²) < 4.78 is 0. The average molecular weight is 469 g/mol. The Labute approximate surface area is 206 Å². The Kier molecular flexibility index (Phi) is 3.65. The SMILES string of the molecule is Cc1ccc(-c2cc3c(s2)-c2ccc4c5c(ccc-3c25)-c2sc(-c3ccc(C)cc3)cc2-4)cc1. The van der Waals surface area contributed by atoms with Crippen LogP contribution in [0.15, 0.2) is 84.9 Å². The molecule has 0 saturated carbocycles. The number of hydrogen-bond acceptors (Lipinski definition) is 2. The molecular weight excluding hydrogens is 448 g/mol. The highest BCUT2D eigenvalue weighted by Gasteiger charge is 2.32. The highest BCUT2D eigenvalue weighted by Crippen LogP contribution is 2.60. The van der Waals surface area contributed by atoms with Crippen molar-refractivity contribution in [3.63, 3.8) is 0 Å². The predicted molar refractivity (Wildman–Crippen MR) is 149 cm³/mol. The molecule has 2 aliphatic rings. The van der Waals surface area contributed by atoms with Crippen LogP contribution in [0, 0.1) is 13.8 Å². The third-order valence-electron chi connectivity index (χ3n) is 7.37. The lowest BCUT2D eigenvalue weighted by Crippen LogP contribution is -1.80. The molecule has 0 spiro atoms. The number of benzene rings is 4. The Bertz CT molecular complexity index is 1580. The highest BCUT2D eigenvalue weighted by molar-refractivity contribution is 7.20. The molecule has 0 fully saturated rings. The van der Waals surface area contributed by atoms with Crippen molar-refractivity contribution in [3.8, 4) is 64.0 Å². The van der Waals surface area contributed by atoms with Gasteiger partial charge in [0.2, 0.25) is 0 Å². The van der Waals surface area contributed by atoms with Crippen LogP contribution in [0.25, 0.3) is 74.8 Å². The monoisotopic (exact) mass is 468 g/mol. The number of rotatable bonds is 2. The molecule has 0 radical (unpaired) electrons. The standard InChI is InChI=1S/C32H20S2/c1-17-3-7-19(8-4-17)27-15-25-21-11-14-24-30-22(12-13-23(29(21)30)31(25)33-27)26-16-28(34-32(24)26)20-9-5-18(2)6-10-20/h3-16H,1-2H3. The summed E-state index contributed by atoms with van der Waals surface area (Å²) in [5.74, 6) is 0. The maximum Gasteiger partial charge on any atom is 0.0434 e. The highest BCUT2D eigenvalue weighted by atomic mass is 32.1. The zero-order valence-electron chi connectivity index (χ0n) is 18.9. The maximum atomic E-state index is 2.40. The molecule has 2 aliphatic carbocycles. The van der Waals surface area contributed by atoms with E-state index in [0.717, 1.165) is 0 Å². The summed E-state index contributed by atoms with van der Waals surface area (Å²) in [6, 6.07) is 32.1. The van der Waals surface area contributed by atoms with Gasteiger partial charge in [-0.25, -0.2) is 0 Å². The Morgan fingerprint density at radius 1 is 0.412 bits per heavy atom. The molecular formula is C32H20S2. The van der Waals surface area contributed by atoms with Crippen molar-refractivity contribution in [2.45, 2.75) is 13.8 Å². The van der Waals surface area contributed by atoms with E-state index in [1.54, 1.807) is 0 Å². The molecule has 34 heavy (non-hydrogen) atoms. The second-order valence-corrected chi connectivity index (χ2v) is 11.6. The van der Waals surface area contributed by atoms with Crippen LogP contribution in [0.3, 0.4) is 0 Å². The van der Waals surface area contributed by atoms with Gasteiger partial charge in [-0.15, -0.1) is 22.7 Å². The first-order chi connectivity index (χ1) is 16.7. The maximum absolute atomic E-state index is 2.40. The molecule has 2 heteroatoms. The Hall–Kier alpha value is -3.46. The first kappa shape index (κ1) is 18.9. The Balaban J connectivity index is 1.29. The summed E-state index contributed by atoms with van der Waals surface area (Å²) in [4.78, 5) is 5.55. The van der Waals surface area contributed by atoms with E-state index in [9.17, 15) is 0 Å². The van der Waals surface area contributed by atoms with E-state index >= 15 is 0 Å². The summed E-state index contributed by atoms with van der Waals surface area (Å²) in [6.07, 6.45) is 0. The van der Waals surface area contributed by atoms with E-state index in [0.29, 0.717) is 0 Å². The Morgan fingerprint density at radius 2 is 0.794 bits per heavy atom. The van der Waals surface area contributed by atoms with Crippen molar-refractivity contribution < 1.29 is 0 Å². The summed E-state index contributed by atoms with van der Waals surface area (Å²) in [7, 11) is 0. The molecule has 0 nitrogen and oxygen atoms in total. The molecule has 0 saturated heterocycles. The lowest BCUT2D eigenvalue weighted by Gasteiger charge is -2.07. The van der Waals surface area contributed by atoms with Gasteiger partial charge in [-0.2, -0.15) is 0 Å². The quantitative estimate of drug-likeness (QED) is 0.237. The molecule has 0 bridgehead atoms. The van der Waals surface area contributed by atoms with Crippen LogP contribution in [0.1, 0.15) is 11.1 Å². The van der Waals surface area contributed by atoms with Gasteiger partial charge in [-0.3, -0.25) is 0 Å². The summed E-state index contributed by atoms with van der Waals surface area (Å²) in [5.41, 5.74) is 13.6. The number of hydrogen-bond donors (Lipinski definition) is 0. The zero-order chi connectivity index (χ0) is 22.6. The van der Waals surface area contributed by atoms with Crippen LogP contribution in [0.4, 0.5) is 0 Å². The number of thiophene rings is 2. The van der Waals surface area contributed by atoms with Gasteiger partial charge in [-0.05, 0) is 59.0 Å². The topological polar surface area (TPSA) is 0 Å². The molecule has 0 atom stereocenters. The molecule has 0 N–H and O–H groups in total. The van der Waals surface area contributed by atoms with E-state index in [4.69, 9.17) is 0 Å². The van der Waals surface area contributed by atoms with Crippen molar-refractivity contribution >= 4 is 33.4 Å². The third-order valence-corrected chi connectivity index (χ3v) is 9.80. The molecule has 160 valence electrons. The molecule has 8 rings (SSSR count). The van der Waals surface area contributed by atoms with Gasteiger partial charge in [0.15, 0.2) is 0 Å². The van der Waals surface area contributed by atoms with Crippen LogP contribution in [0.2, 0.25) is 0 Å². The second kappa shape index (κ2) is 6.56. The lowest BCUT2D eigenvalue weighted by atomic mass is 9.97. The van der Waals surface area contributed by atoms with E-state index in [1.165, 1.54) is 85.9 Å². The predicted octanol–water partition coefficient (Wildman–Crippen LogP) is 10.2. The van der Waals surface area contributed by atoms with Crippen molar-refractivity contribution in [1.82, 2.24) is 0 Å². The molecule has 0 amide bonds. The fraction of sp³-hybridized carbons (Fsp3) is 0.0625. The van der Waals surface area contributed by atoms with Crippen LogP contribution in [-0.4, -0.2) is 0 Å². The van der Waals surface area contributed by atoms with Gasteiger partial charge < -0.3 is 0 Å². The third kappa shape index (κ3) is 2.42. The smallest absolute Gasteiger partial charge is 0.0434 e. The minimum Gasteiger partial charge on any atom is -0.135 e. The van der Waals surface area contributed by atoms with Gasteiger partial charge in [0, 0.05) is 41.8 Å². The van der Waals surface area contributed by atoms with E-state index in [1.807, 2.05) is 22.7 Å². The van der Waals surface area contributed by atoms with Gasteiger partial charge in [0.25, 0.3) is 0 Å². The normalized spacial score (nSPS) is 12.4. The van der Waals surface area contributed by atoms with Gasteiger partial charge >= 0.3 is 0 Å². The van der Waals surface area contributed by atoms with Crippen LogP contribution in [0.5, 0.6) is 0 Å². The van der Waals surface area contributed by atoms with Crippen molar-refractivity contribution in [1.29, 1.82) is 0 Å². The van der Waals surface area contributed by atoms with Gasteiger partial charge in [0.05, 0.1) is 0 Å².